The Kier molecular flexibility index (Phi) is 10.1. The van der Waals surface area contributed by atoms with Crippen molar-refractivity contribution < 1.29 is 29.0 Å². The van der Waals surface area contributed by atoms with Crippen LogP contribution in [0.2, 0.25) is 0 Å². The molecule has 8 nitrogen and oxygen atoms in total. The summed E-state index contributed by atoms with van der Waals surface area (Å²) in [5.41, 5.74) is -1.68. The quantitative estimate of drug-likeness (QED) is 0.137. The van der Waals surface area contributed by atoms with Crippen molar-refractivity contribution in [1.29, 1.82) is 0 Å². The van der Waals surface area contributed by atoms with Gasteiger partial charge in [0.15, 0.2) is 0 Å². The number of rotatable bonds is 14. The summed E-state index contributed by atoms with van der Waals surface area (Å²) in [6.07, 6.45) is 6.56. The van der Waals surface area contributed by atoms with E-state index in [0.29, 0.717) is 38.8 Å². The fourth-order valence-electron chi connectivity index (χ4n) is 7.13. The summed E-state index contributed by atoms with van der Waals surface area (Å²) in [7, 11) is 0. The Bertz CT molecular complexity index is 946. The topological polar surface area (TPSA) is 96.4 Å². The Labute approximate surface area is 242 Å². The van der Waals surface area contributed by atoms with Crippen LogP contribution in [0.5, 0.6) is 0 Å². The van der Waals surface area contributed by atoms with E-state index in [0.717, 1.165) is 12.8 Å². The fourth-order valence-corrected chi connectivity index (χ4v) is 8.08. The fraction of sp³-hybridized carbons (Fsp3) is 0.767. The van der Waals surface area contributed by atoms with Gasteiger partial charge in [-0.05, 0) is 57.8 Å². The number of ether oxygens (including phenoxy) is 2. The minimum Gasteiger partial charge on any atom is -0.465 e. The van der Waals surface area contributed by atoms with E-state index in [9.17, 15) is 19.5 Å². The van der Waals surface area contributed by atoms with Gasteiger partial charge in [0.25, 0.3) is 0 Å². The van der Waals surface area contributed by atoms with Crippen LogP contribution in [0.1, 0.15) is 73.1 Å². The number of likely N-dealkylation sites (tertiary alicyclic amines) is 1. The van der Waals surface area contributed by atoms with Gasteiger partial charge < -0.3 is 24.4 Å². The number of unbranched alkanes of at least 4 members (excludes halogenated alkanes) is 2. The molecule has 3 heterocycles. The van der Waals surface area contributed by atoms with Crippen molar-refractivity contribution in [3.05, 3.63) is 25.3 Å². The first-order valence-corrected chi connectivity index (χ1v) is 15.1. The molecule has 0 aliphatic carbocycles. The smallest absolute Gasteiger partial charge is 0.312 e. The standard InChI is InChI=1S/C30H47BrN2O6/c1-8-10-17-38-27(37)21-22-25(35)32(15-12-11-13-16-34)24(30(22)18-20(31)23(21)39-30)26(36)33(14-9-2)29(6,7)19-28(3,4)5/h8-9,20-24,34H,1-2,10-19H2,3-7H3/t20?,21-,22+,23-,24?,30?/m1/s1. The maximum atomic E-state index is 14.7. The van der Waals surface area contributed by atoms with Gasteiger partial charge in [0, 0.05) is 30.1 Å². The second-order valence-corrected chi connectivity index (χ2v) is 14.2. The molecule has 1 spiro atoms. The Hall–Kier alpha value is -1.71. The highest BCUT2D eigenvalue weighted by Crippen LogP contribution is 2.60. The largest absolute Gasteiger partial charge is 0.465 e. The number of esters is 1. The molecule has 1 N–H and O–H groups in total. The summed E-state index contributed by atoms with van der Waals surface area (Å²) in [5, 5.41) is 9.26. The van der Waals surface area contributed by atoms with E-state index in [1.54, 1.807) is 17.1 Å². The average Bonchev–Trinajstić information content (AvgIpc) is 3.42. The summed E-state index contributed by atoms with van der Waals surface area (Å²) in [6, 6.07) is -0.862. The van der Waals surface area contributed by atoms with Crippen LogP contribution in [-0.4, -0.2) is 87.1 Å². The first kappa shape index (κ1) is 31.8. The predicted octanol–water partition coefficient (Wildman–Crippen LogP) is 4.25. The van der Waals surface area contributed by atoms with Gasteiger partial charge in [0.2, 0.25) is 11.8 Å². The molecule has 2 bridgehead atoms. The minimum atomic E-state index is -1.12. The summed E-state index contributed by atoms with van der Waals surface area (Å²) in [5.74, 6) is -2.43. The van der Waals surface area contributed by atoms with E-state index in [2.05, 4.69) is 63.7 Å². The lowest BCUT2D eigenvalue weighted by atomic mass is 9.70. The number of amides is 2. The zero-order valence-corrected chi connectivity index (χ0v) is 25.9. The van der Waals surface area contributed by atoms with E-state index >= 15 is 0 Å². The third-order valence-corrected chi connectivity index (χ3v) is 9.03. The van der Waals surface area contributed by atoms with Crippen molar-refractivity contribution in [3.63, 3.8) is 0 Å². The number of hydrogen-bond acceptors (Lipinski definition) is 6. The molecule has 3 rings (SSSR count). The average molecular weight is 612 g/mol. The lowest BCUT2D eigenvalue weighted by molar-refractivity contribution is -0.156. The summed E-state index contributed by atoms with van der Waals surface area (Å²) in [4.78, 5) is 45.4. The van der Waals surface area contributed by atoms with Gasteiger partial charge in [-0.1, -0.05) is 48.9 Å². The van der Waals surface area contributed by atoms with E-state index in [1.807, 2.05) is 4.90 Å². The predicted molar refractivity (Wildman–Crippen MR) is 154 cm³/mol. The number of alkyl halides is 1. The molecule has 0 aromatic heterocycles. The van der Waals surface area contributed by atoms with Crippen molar-refractivity contribution in [2.45, 2.75) is 101 Å². The van der Waals surface area contributed by atoms with Gasteiger partial charge in [0.1, 0.15) is 11.6 Å². The monoisotopic (exact) mass is 610 g/mol. The Morgan fingerprint density at radius 1 is 1.21 bits per heavy atom. The van der Waals surface area contributed by atoms with Crippen molar-refractivity contribution >= 4 is 33.7 Å². The number of aliphatic hydroxyl groups excluding tert-OH is 1. The number of hydrogen-bond donors (Lipinski definition) is 1. The zero-order valence-electron chi connectivity index (χ0n) is 24.3. The summed E-state index contributed by atoms with van der Waals surface area (Å²) in [6.45, 7) is 19.1. The van der Waals surface area contributed by atoms with Crippen LogP contribution in [0.3, 0.4) is 0 Å². The first-order valence-electron chi connectivity index (χ1n) is 14.2. The number of halogens is 1. The second kappa shape index (κ2) is 12.4. The van der Waals surface area contributed by atoms with Crippen LogP contribution in [0.25, 0.3) is 0 Å². The molecule has 0 aromatic rings. The Morgan fingerprint density at radius 3 is 2.49 bits per heavy atom. The van der Waals surface area contributed by atoms with E-state index in [1.165, 1.54) is 0 Å². The summed E-state index contributed by atoms with van der Waals surface area (Å²) < 4.78 is 12.1. The van der Waals surface area contributed by atoms with E-state index < -0.39 is 41.1 Å². The number of fused-ring (bicyclic) bond motifs is 1. The number of aliphatic hydroxyl groups is 1. The highest BCUT2D eigenvalue weighted by atomic mass is 79.9. The van der Waals surface area contributed by atoms with Crippen molar-refractivity contribution in [1.82, 2.24) is 9.80 Å². The Morgan fingerprint density at radius 2 is 1.90 bits per heavy atom. The van der Waals surface area contributed by atoms with Crippen LogP contribution in [0.15, 0.2) is 25.3 Å². The third-order valence-electron chi connectivity index (χ3n) is 8.19. The molecule has 3 saturated heterocycles. The molecule has 3 unspecified atom stereocenters. The first-order chi connectivity index (χ1) is 18.3. The van der Waals surface area contributed by atoms with Crippen LogP contribution in [0, 0.1) is 17.3 Å². The van der Waals surface area contributed by atoms with Crippen LogP contribution >= 0.6 is 15.9 Å². The van der Waals surface area contributed by atoms with Crippen LogP contribution in [0.4, 0.5) is 0 Å². The Balaban J connectivity index is 2.04. The molecule has 3 aliphatic heterocycles. The molecule has 220 valence electrons. The molecule has 3 fully saturated rings. The molecule has 3 aliphatic rings. The molecule has 0 aromatic carbocycles. The van der Waals surface area contributed by atoms with E-state index in [-0.39, 0.29) is 35.3 Å². The second-order valence-electron chi connectivity index (χ2n) is 13.0. The van der Waals surface area contributed by atoms with Gasteiger partial charge in [-0.3, -0.25) is 14.4 Å². The highest BCUT2D eigenvalue weighted by molar-refractivity contribution is 9.09. The number of carbonyl (C=O) groups excluding carboxylic acids is 3. The van der Waals surface area contributed by atoms with Crippen molar-refractivity contribution in [3.8, 4) is 0 Å². The molecule has 0 radical (unpaired) electrons. The van der Waals surface area contributed by atoms with Crippen LogP contribution in [-0.2, 0) is 23.9 Å². The lowest BCUT2D eigenvalue weighted by Gasteiger charge is -2.45. The summed E-state index contributed by atoms with van der Waals surface area (Å²) >= 11 is 3.71. The normalized spacial score (nSPS) is 29.9. The third kappa shape index (κ3) is 6.30. The SMILES string of the molecule is C=CCCOC(=O)[C@H]1[C@@H]2OC3(CC2Br)C(C(=O)N(CC=C)C(C)(C)CC(C)(C)C)N(CCCCCO)C(=O)[C@H]13. The highest BCUT2D eigenvalue weighted by Gasteiger charge is 2.77. The van der Waals surface area contributed by atoms with Crippen LogP contribution < -0.4 is 0 Å². The van der Waals surface area contributed by atoms with Crippen molar-refractivity contribution in [2.75, 3.05) is 26.3 Å². The molecule has 6 atom stereocenters. The van der Waals surface area contributed by atoms with Gasteiger partial charge in [-0.2, -0.15) is 0 Å². The molecule has 39 heavy (non-hydrogen) atoms. The molecule has 0 saturated carbocycles. The maximum absolute atomic E-state index is 14.7. The molecular weight excluding hydrogens is 564 g/mol. The zero-order chi connectivity index (χ0) is 29.2. The van der Waals surface area contributed by atoms with Crippen molar-refractivity contribution in [2.24, 2.45) is 17.3 Å². The number of carbonyl (C=O) groups is 3. The molecular formula is C30H47BrN2O6. The molecule has 9 heteroatoms. The van der Waals surface area contributed by atoms with Gasteiger partial charge in [-0.15, -0.1) is 13.2 Å². The van der Waals surface area contributed by atoms with Gasteiger partial charge >= 0.3 is 5.97 Å². The minimum absolute atomic E-state index is 0.0386. The van der Waals surface area contributed by atoms with Gasteiger partial charge in [-0.25, -0.2) is 0 Å². The molecule has 2 amide bonds. The van der Waals surface area contributed by atoms with E-state index in [4.69, 9.17) is 9.47 Å². The number of nitrogens with zero attached hydrogens (tertiary/aromatic N) is 2. The lowest BCUT2D eigenvalue weighted by Crippen LogP contribution is -2.61. The maximum Gasteiger partial charge on any atom is 0.312 e. The van der Waals surface area contributed by atoms with Gasteiger partial charge in [0.05, 0.1) is 24.5 Å².